The van der Waals surface area contributed by atoms with E-state index >= 15 is 0 Å². The van der Waals surface area contributed by atoms with E-state index in [1.807, 2.05) is 5.70 Å². The zero-order valence-electron chi connectivity index (χ0n) is 11.3. The van der Waals surface area contributed by atoms with Crippen LogP contribution < -0.4 is 0 Å². The number of rotatable bonds is 11. The van der Waals surface area contributed by atoms with Gasteiger partial charge < -0.3 is 8.85 Å². The second kappa shape index (κ2) is 10.1. The Labute approximate surface area is 102 Å². The van der Waals surface area contributed by atoms with E-state index in [4.69, 9.17) is 8.85 Å². The van der Waals surface area contributed by atoms with Gasteiger partial charge in [0.05, 0.1) is 0 Å². The first kappa shape index (κ1) is 15.9. The van der Waals surface area contributed by atoms with Crippen molar-refractivity contribution in [1.82, 2.24) is 0 Å². The Kier molecular flexibility index (Phi) is 9.98. The smallest absolute Gasteiger partial charge is 0.361 e. The molecule has 16 heavy (non-hydrogen) atoms. The molecule has 0 fully saturated rings. The fraction of sp³-hybridized carbons (Fsp3) is 0.846. The van der Waals surface area contributed by atoms with Crippen LogP contribution >= 0.6 is 0 Å². The van der Waals surface area contributed by atoms with E-state index in [1.54, 1.807) is 0 Å². The largest absolute Gasteiger partial charge is 0.391 e. The lowest BCUT2D eigenvalue weighted by atomic mass is 10.2. The van der Waals surface area contributed by atoms with Gasteiger partial charge in [-0.25, -0.2) is 0 Å². The monoisotopic (exact) mass is 244 g/mol. The summed E-state index contributed by atoms with van der Waals surface area (Å²) in [5, 5.41) is 0. The highest BCUT2D eigenvalue weighted by Crippen LogP contribution is 2.11. The molecule has 0 aliphatic rings. The summed E-state index contributed by atoms with van der Waals surface area (Å²) < 4.78 is 11.7. The number of hydrogen-bond acceptors (Lipinski definition) is 2. The summed E-state index contributed by atoms with van der Waals surface area (Å²) in [4.78, 5) is 0. The minimum atomic E-state index is -2.06. The summed E-state index contributed by atoms with van der Waals surface area (Å²) in [6.45, 7) is 11.9. The van der Waals surface area contributed by atoms with Gasteiger partial charge in [0.15, 0.2) is 0 Å². The molecule has 0 N–H and O–H groups in total. The molecule has 0 bridgehead atoms. The van der Waals surface area contributed by atoms with Crippen LogP contribution in [0.4, 0.5) is 0 Å². The third kappa shape index (κ3) is 8.08. The van der Waals surface area contributed by atoms with Crippen molar-refractivity contribution in [2.75, 3.05) is 13.2 Å². The molecule has 2 nitrogen and oxygen atoms in total. The van der Waals surface area contributed by atoms with Gasteiger partial charge in [0, 0.05) is 13.2 Å². The van der Waals surface area contributed by atoms with E-state index in [9.17, 15) is 0 Å². The van der Waals surface area contributed by atoms with Gasteiger partial charge >= 0.3 is 8.56 Å². The van der Waals surface area contributed by atoms with Gasteiger partial charge in [0.1, 0.15) is 0 Å². The van der Waals surface area contributed by atoms with Crippen LogP contribution in [0.25, 0.3) is 0 Å². The van der Waals surface area contributed by atoms with Gasteiger partial charge in [-0.2, -0.15) is 0 Å². The summed E-state index contributed by atoms with van der Waals surface area (Å²) in [5.41, 5.74) is 1.89. The van der Waals surface area contributed by atoms with Crippen LogP contribution in [0.15, 0.2) is 12.3 Å². The normalized spacial score (nSPS) is 14.7. The number of unbranched alkanes of at least 4 members (excludes halogenated alkanes) is 4. The zero-order chi connectivity index (χ0) is 12.3. The Balaban J connectivity index is 3.65. The highest BCUT2D eigenvalue weighted by molar-refractivity contribution is 6.71. The van der Waals surface area contributed by atoms with E-state index < -0.39 is 8.56 Å². The average molecular weight is 244 g/mol. The van der Waals surface area contributed by atoms with Gasteiger partial charge in [-0.05, 0) is 25.1 Å². The lowest BCUT2D eigenvalue weighted by Crippen LogP contribution is -2.37. The van der Waals surface area contributed by atoms with Crippen LogP contribution in [-0.4, -0.2) is 21.8 Å². The fourth-order valence-electron chi connectivity index (χ4n) is 1.38. The molecule has 3 heteroatoms. The molecule has 1 unspecified atom stereocenters. The van der Waals surface area contributed by atoms with Crippen LogP contribution in [0.1, 0.15) is 52.4 Å². The Bertz CT molecular complexity index is 173. The van der Waals surface area contributed by atoms with E-state index in [0.29, 0.717) is 0 Å². The maximum atomic E-state index is 5.87. The van der Waals surface area contributed by atoms with Gasteiger partial charge in [-0.15, -0.1) is 6.58 Å². The molecule has 0 aromatic rings. The Morgan fingerprint density at radius 3 is 2.00 bits per heavy atom. The molecule has 0 saturated carbocycles. The molecule has 0 radical (unpaired) electrons. The topological polar surface area (TPSA) is 18.5 Å². The van der Waals surface area contributed by atoms with Crippen molar-refractivity contribution < 1.29 is 8.85 Å². The molecule has 0 aromatic heterocycles. The predicted molar refractivity (Wildman–Crippen MR) is 72.8 cm³/mol. The molecular formula is C13H28O2Si. The molecule has 0 rings (SSSR count). The first-order valence-corrected chi connectivity index (χ1v) is 8.99. The average Bonchev–Trinajstić information content (AvgIpc) is 2.29. The van der Waals surface area contributed by atoms with Gasteiger partial charge in [-0.1, -0.05) is 39.5 Å². The summed E-state index contributed by atoms with van der Waals surface area (Å²) in [6.07, 6.45) is 7.23. The fourth-order valence-corrected chi connectivity index (χ4v) is 2.80. The van der Waals surface area contributed by atoms with E-state index in [0.717, 1.165) is 32.5 Å². The second-order valence-corrected chi connectivity index (χ2v) is 7.35. The molecule has 0 aromatic carbocycles. The quantitative estimate of drug-likeness (QED) is 0.401. The maximum absolute atomic E-state index is 5.87. The Morgan fingerprint density at radius 2 is 1.50 bits per heavy atom. The predicted octanol–water partition coefficient (Wildman–Crippen LogP) is 4.20. The van der Waals surface area contributed by atoms with Crippen molar-refractivity contribution >= 4 is 8.56 Å². The molecule has 0 heterocycles. The van der Waals surface area contributed by atoms with Crippen LogP contribution in [0, 0.1) is 0 Å². The van der Waals surface area contributed by atoms with Gasteiger partial charge in [0.2, 0.25) is 0 Å². The van der Waals surface area contributed by atoms with Crippen molar-refractivity contribution in [1.29, 1.82) is 0 Å². The lowest BCUT2D eigenvalue weighted by Gasteiger charge is -2.23. The van der Waals surface area contributed by atoms with Crippen LogP contribution in [0.5, 0.6) is 0 Å². The van der Waals surface area contributed by atoms with Crippen LogP contribution in [0.3, 0.4) is 0 Å². The SMILES string of the molecule is C=C[Si](C)(OCCCC)OCCCCCC. The Hall–Kier alpha value is -0.123. The van der Waals surface area contributed by atoms with E-state index in [-0.39, 0.29) is 0 Å². The second-order valence-electron chi connectivity index (χ2n) is 4.33. The summed E-state index contributed by atoms with van der Waals surface area (Å²) in [7, 11) is -2.06. The van der Waals surface area contributed by atoms with Crippen LogP contribution in [0.2, 0.25) is 6.55 Å². The standard InChI is InChI=1S/C13H28O2Si/c1-5-8-10-11-13-15-16(4,7-3)14-12-9-6-2/h7H,3,5-6,8-13H2,1-2,4H3. The molecule has 0 saturated heterocycles. The van der Waals surface area contributed by atoms with Crippen molar-refractivity contribution in [3.8, 4) is 0 Å². The number of hydrogen-bond donors (Lipinski definition) is 0. The lowest BCUT2D eigenvalue weighted by molar-refractivity contribution is 0.178. The van der Waals surface area contributed by atoms with Crippen molar-refractivity contribution in [2.45, 2.75) is 58.9 Å². The molecular weight excluding hydrogens is 216 g/mol. The third-order valence-corrected chi connectivity index (χ3v) is 4.94. The third-order valence-electron chi connectivity index (χ3n) is 2.64. The molecule has 0 amide bonds. The van der Waals surface area contributed by atoms with Gasteiger partial charge in [-0.3, -0.25) is 0 Å². The maximum Gasteiger partial charge on any atom is 0.361 e. The van der Waals surface area contributed by atoms with Crippen molar-refractivity contribution in [3.05, 3.63) is 12.3 Å². The van der Waals surface area contributed by atoms with Crippen LogP contribution in [-0.2, 0) is 8.85 Å². The zero-order valence-corrected chi connectivity index (χ0v) is 12.3. The van der Waals surface area contributed by atoms with E-state index in [2.05, 4.69) is 27.0 Å². The first-order valence-electron chi connectivity index (χ1n) is 6.60. The van der Waals surface area contributed by atoms with Crippen molar-refractivity contribution in [2.24, 2.45) is 0 Å². The summed E-state index contributed by atoms with van der Waals surface area (Å²) in [5.74, 6) is 0. The van der Waals surface area contributed by atoms with E-state index in [1.165, 1.54) is 19.3 Å². The Morgan fingerprint density at radius 1 is 0.938 bits per heavy atom. The molecule has 96 valence electrons. The molecule has 0 aliphatic heterocycles. The molecule has 0 aliphatic carbocycles. The minimum Gasteiger partial charge on any atom is -0.391 e. The van der Waals surface area contributed by atoms with Crippen molar-refractivity contribution in [3.63, 3.8) is 0 Å². The highest BCUT2D eigenvalue weighted by atomic mass is 28.4. The summed E-state index contributed by atoms with van der Waals surface area (Å²) in [6, 6.07) is 0. The minimum absolute atomic E-state index is 0.806. The molecule has 0 spiro atoms. The first-order chi connectivity index (χ1) is 7.68. The van der Waals surface area contributed by atoms with Gasteiger partial charge in [0.25, 0.3) is 0 Å². The molecule has 1 atom stereocenters. The summed E-state index contributed by atoms with van der Waals surface area (Å²) >= 11 is 0. The highest BCUT2D eigenvalue weighted by Gasteiger charge is 2.26.